The molecule has 0 fully saturated rings. The highest BCUT2D eigenvalue weighted by Gasteiger charge is 2.17. The molecule has 4 rings (SSSR count). The van der Waals surface area contributed by atoms with Gasteiger partial charge in [-0.3, -0.25) is 4.57 Å². The molecular formula is C23H18N4S. The van der Waals surface area contributed by atoms with E-state index in [1.807, 2.05) is 54.6 Å². The minimum absolute atomic E-state index is 0.655. The van der Waals surface area contributed by atoms with Crippen molar-refractivity contribution in [1.29, 1.82) is 5.26 Å². The van der Waals surface area contributed by atoms with Crippen LogP contribution in [0.2, 0.25) is 0 Å². The van der Waals surface area contributed by atoms with E-state index in [9.17, 15) is 5.26 Å². The second-order valence-corrected chi connectivity index (χ2v) is 7.29. The highest BCUT2D eigenvalue weighted by molar-refractivity contribution is 7.98. The van der Waals surface area contributed by atoms with Crippen molar-refractivity contribution in [2.24, 2.45) is 0 Å². The summed E-state index contributed by atoms with van der Waals surface area (Å²) in [5.41, 5.74) is 4.92. The smallest absolute Gasteiger partial charge is 0.196 e. The van der Waals surface area contributed by atoms with E-state index >= 15 is 0 Å². The Morgan fingerprint density at radius 3 is 2.39 bits per heavy atom. The molecule has 5 heteroatoms. The van der Waals surface area contributed by atoms with Gasteiger partial charge >= 0.3 is 0 Å². The van der Waals surface area contributed by atoms with Crippen molar-refractivity contribution < 1.29 is 0 Å². The number of aryl methyl sites for hydroxylation is 1. The van der Waals surface area contributed by atoms with Crippen molar-refractivity contribution in [3.63, 3.8) is 0 Å². The van der Waals surface area contributed by atoms with Gasteiger partial charge in [0.2, 0.25) is 0 Å². The third kappa shape index (κ3) is 3.55. The van der Waals surface area contributed by atoms with Crippen LogP contribution in [0.15, 0.2) is 84.0 Å². The number of benzene rings is 3. The molecule has 0 aliphatic carbocycles. The van der Waals surface area contributed by atoms with Crippen LogP contribution in [-0.4, -0.2) is 14.8 Å². The molecule has 28 heavy (non-hydrogen) atoms. The molecule has 3 aromatic carbocycles. The van der Waals surface area contributed by atoms with Gasteiger partial charge in [0, 0.05) is 17.0 Å². The number of hydrogen-bond acceptors (Lipinski definition) is 4. The molecule has 0 radical (unpaired) electrons. The molecule has 0 bridgehead atoms. The van der Waals surface area contributed by atoms with E-state index in [4.69, 9.17) is 0 Å². The second-order valence-electron chi connectivity index (χ2n) is 6.35. The number of para-hydroxylation sites is 1. The zero-order valence-corrected chi connectivity index (χ0v) is 16.2. The van der Waals surface area contributed by atoms with Crippen LogP contribution < -0.4 is 0 Å². The Bertz CT molecular complexity index is 1140. The monoisotopic (exact) mass is 382 g/mol. The number of nitriles is 1. The molecule has 0 aliphatic rings. The lowest BCUT2D eigenvalue weighted by molar-refractivity contribution is 0.885. The van der Waals surface area contributed by atoms with Crippen LogP contribution in [0.1, 0.15) is 16.7 Å². The highest BCUT2D eigenvalue weighted by atomic mass is 32.2. The molecule has 4 aromatic rings. The van der Waals surface area contributed by atoms with E-state index in [-0.39, 0.29) is 0 Å². The predicted molar refractivity (Wildman–Crippen MR) is 112 cm³/mol. The van der Waals surface area contributed by atoms with Gasteiger partial charge in [0.05, 0.1) is 11.6 Å². The fourth-order valence-electron chi connectivity index (χ4n) is 3.07. The number of rotatable bonds is 5. The maximum Gasteiger partial charge on any atom is 0.196 e. The average molecular weight is 382 g/mol. The molecule has 1 aromatic heterocycles. The van der Waals surface area contributed by atoms with E-state index in [0.29, 0.717) is 11.3 Å². The van der Waals surface area contributed by atoms with Crippen molar-refractivity contribution >= 4 is 11.8 Å². The summed E-state index contributed by atoms with van der Waals surface area (Å²) in [4.78, 5) is 0. The van der Waals surface area contributed by atoms with Crippen LogP contribution in [0.3, 0.4) is 0 Å². The van der Waals surface area contributed by atoms with Gasteiger partial charge in [-0.05, 0) is 36.2 Å². The Labute approximate surface area is 168 Å². The van der Waals surface area contributed by atoms with Gasteiger partial charge in [0.15, 0.2) is 11.0 Å². The first-order valence-electron chi connectivity index (χ1n) is 8.95. The Kier molecular flexibility index (Phi) is 5.22. The number of thioether (sulfide) groups is 1. The van der Waals surface area contributed by atoms with Crippen LogP contribution >= 0.6 is 11.8 Å². The molecule has 0 amide bonds. The molecule has 0 unspecified atom stereocenters. The number of hydrogen-bond donors (Lipinski definition) is 0. The zero-order chi connectivity index (χ0) is 19.3. The third-order valence-corrected chi connectivity index (χ3v) is 5.51. The first-order chi connectivity index (χ1) is 13.8. The summed E-state index contributed by atoms with van der Waals surface area (Å²) in [5, 5.41) is 19.1. The maximum absolute atomic E-state index is 9.34. The van der Waals surface area contributed by atoms with Crippen LogP contribution in [-0.2, 0) is 5.75 Å². The molecule has 0 N–H and O–H groups in total. The summed E-state index contributed by atoms with van der Waals surface area (Å²) >= 11 is 1.58. The Balaban J connectivity index is 1.76. The Hall–Kier alpha value is -3.36. The van der Waals surface area contributed by atoms with E-state index < -0.39 is 0 Å². The van der Waals surface area contributed by atoms with Gasteiger partial charge in [-0.15, -0.1) is 10.2 Å². The van der Waals surface area contributed by atoms with Crippen molar-refractivity contribution in [2.45, 2.75) is 17.8 Å². The lowest BCUT2D eigenvalue weighted by atomic mass is 10.1. The van der Waals surface area contributed by atoms with Crippen LogP contribution in [0.25, 0.3) is 17.1 Å². The van der Waals surface area contributed by atoms with Crippen molar-refractivity contribution in [1.82, 2.24) is 14.8 Å². The van der Waals surface area contributed by atoms with Gasteiger partial charge < -0.3 is 0 Å². The van der Waals surface area contributed by atoms with Gasteiger partial charge in [0.1, 0.15) is 0 Å². The highest BCUT2D eigenvalue weighted by Crippen LogP contribution is 2.31. The maximum atomic E-state index is 9.34. The number of nitrogens with zero attached hydrogens (tertiary/aromatic N) is 4. The Morgan fingerprint density at radius 1 is 0.893 bits per heavy atom. The SMILES string of the molecule is Cc1ccccc1-c1nnc(SCc2ccccc2C#N)n1-c1ccccc1. The lowest BCUT2D eigenvalue weighted by Crippen LogP contribution is -2.00. The molecule has 4 nitrogen and oxygen atoms in total. The molecule has 0 saturated heterocycles. The van der Waals surface area contributed by atoms with Crippen LogP contribution in [0.5, 0.6) is 0 Å². The van der Waals surface area contributed by atoms with Crippen molar-refractivity contribution in [2.75, 3.05) is 0 Å². The van der Waals surface area contributed by atoms with Crippen molar-refractivity contribution in [3.05, 3.63) is 95.6 Å². The summed E-state index contributed by atoms with van der Waals surface area (Å²) < 4.78 is 2.09. The van der Waals surface area contributed by atoms with Crippen molar-refractivity contribution in [3.8, 4) is 23.1 Å². The molecule has 136 valence electrons. The number of aromatic nitrogens is 3. The molecule has 0 saturated carbocycles. The minimum atomic E-state index is 0.655. The summed E-state index contributed by atoms with van der Waals surface area (Å²) in [5.74, 6) is 1.48. The molecule has 1 heterocycles. The summed E-state index contributed by atoms with van der Waals surface area (Å²) in [6, 6.07) is 28.2. The largest absolute Gasteiger partial charge is 0.270 e. The molecule has 0 atom stereocenters. The van der Waals surface area contributed by atoms with Crippen LogP contribution in [0.4, 0.5) is 0 Å². The fraction of sp³-hybridized carbons (Fsp3) is 0.0870. The fourth-order valence-corrected chi connectivity index (χ4v) is 4.02. The first-order valence-corrected chi connectivity index (χ1v) is 9.94. The van der Waals surface area contributed by atoms with Gasteiger partial charge in [0.25, 0.3) is 0 Å². The first kappa shape index (κ1) is 18.0. The standard InChI is InChI=1S/C23H18N4S/c1-17-9-5-8-14-21(17)22-25-26-23(27(22)20-12-3-2-4-13-20)28-16-19-11-7-6-10-18(19)15-24/h2-14H,16H2,1H3. The van der Waals surface area contributed by atoms with E-state index in [2.05, 4.69) is 52.0 Å². The molecule has 0 spiro atoms. The van der Waals surface area contributed by atoms with Crippen LogP contribution in [0, 0.1) is 18.3 Å². The third-order valence-electron chi connectivity index (χ3n) is 4.53. The van der Waals surface area contributed by atoms with E-state index in [0.717, 1.165) is 33.4 Å². The van der Waals surface area contributed by atoms with Gasteiger partial charge in [-0.1, -0.05) is 72.4 Å². The van der Waals surface area contributed by atoms with Gasteiger partial charge in [-0.25, -0.2) is 0 Å². The Morgan fingerprint density at radius 2 is 1.61 bits per heavy atom. The summed E-state index contributed by atoms with van der Waals surface area (Å²) in [6.45, 7) is 2.08. The summed E-state index contributed by atoms with van der Waals surface area (Å²) in [6.07, 6.45) is 0. The van der Waals surface area contributed by atoms with Gasteiger partial charge in [-0.2, -0.15) is 5.26 Å². The van der Waals surface area contributed by atoms with E-state index in [1.165, 1.54) is 0 Å². The van der Waals surface area contributed by atoms with E-state index in [1.54, 1.807) is 11.8 Å². The quantitative estimate of drug-likeness (QED) is 0.433. The molecule has 0 aliphatic heterocycles. The minimum Gasteiger partial charge on any atom is -0.270 e. The normalized spacial score (nSPS) is 10.6. The molecular weight excluding hydrogens is 364 g/mol. The average Bonchev–Trinajstić information content (AvgIpc) is 3.17. The summed E-state index contributed by atoms with van der Waals surface area (Å²) in [7, 11) is 0. The zero-order valence-electron chi connectivity index (χ0n) is 15.4. The lowest BCUT2D eigenvalue weighted by Gasteiger charge is -2.12. The second kappa shape index (κ2) is 8.12. The predicted octanol–water partition coefficient (Wildman–Crippen LogP) is 5.41. The topological polar surface area (TPSA) is 54.5 Å².